The minimum atomic E-state index is 0.148. The van der Waals surface area contributed by atoms with Crippen LogP contribution in [0.1, 0.15) is 26.3 Å². The van der Waals surface area contributed by atoms with Gasteiger partial charge < -0.3 is 15.4 Å². The van der Waals surface area contributed by atoms with Crippen molar-refractivity contribution < 1.29 is 4.74 Å². The van der Waals surface area contributed by atoms with E-state index in [1.807, 2.05) is 6.07 Å². The lowest BCUT2D eigenvalue weighted by atomic mass is 9.87. The zero-order valence-corrected chi connectivity index (χ0v) is 11.6. The summed E-state index contributed by atoms with van der Waals surface area (Å²) in [6, 6.07) is 6.17. The van der Waals surface area contributed by atoms with Crippen molar-refractivity contribution in [2.24, 2.45) is 5.41 Å². The summed E-state index contributed by atoms with van der Waals surface area (Å²) in [5.74, 6) is 0. The molecule has 1 heterocycles. The molecule has 2 N–H and O–H groups in total. The van der Waals surface area contributed by atoms with Crippen LogP contribution in [-0.4, -0.2) is 26.3 Å². The molecule has 0 bridgehead atoms. The Morgan fingerprint density at radius 1 is 1.22 bits per heavy atom. The maximum Gasteiger partial charge on any atom is 0.0642 e. The predicted octanol–water partition coefficient (Wildman–Crippen LogP) is 2.70. The fraction of sp³-hybridized carbons (Fsp3) is 0.533. The number of morpholine rings is 1. The molecule has 1 radical (unpaired) electrons. The Morgan fingerprint density at radius 2 is 1.89 bits per heavy atom. The van der Waals surface area contributed by atoms with E-state index >= 15 is 0 Å². The van der Waals surface area contributed by atoms with Crippen LogP contribution >= 0.6 is 0 Å². The van der Waals surface area contributed by atoms with Gasteiger partial charge in [-0.1, -0.05) is 20.8 Å². The molecule has 0 aromatic heterocycles. The molecule has 0 unspecified atom stereocenters. The quantitative estimate of drug-likeness (QED) is 0.817. The summed E-state index contributed by atoms with van der Waals surface area (Å²) in [5, 5.41) is 0. The number of hydrogen-bond acceptors (Lipinski definition) is 3. The molecule has 1 aromatic carbocycles. The second-order valence-corrected chi connectivity index (χ2v) is 5.93. The van der Waals surface area contributed by atoms with Gasteiger partial charge in [-0.05, 0) is 35.6 Å². The second kappa shape index (κ2) is 5.19. The Bertz CT molecular complexity index is 403. The lowest BCUT2D eigenvalue weighted by Gasteiger charge is -2.32. The van der Waals surface area contributed by atoms with Crippen molar-refractivity contribution in [2.45, 2.75) is 20.8 Å². The first-order chi connectivity index (χ1) is 8.46. The molecule has 99 valence electrons. The monoisotopic (exact) mass is 247 g/mol. The highest BCUT2D eigenvalue weighted by Gasteiger charge is 2.19. The molecule has 18 heavy (non-hydrogen) atoms. The molecule has 1 aromatic rings. The van der Waals surface area contributed by atoms with Gasteiger partial charge in [0, 0.05) is 24.5 Å². The van der Waals surface area contributed by atoms with Gasteiger partial charge in [-0.2, -0.15) is 0 Å². The first kappa shape index (κ1) is 13.2. The van der Waals surface area contributed by atoms with E-state index in [-0.39, 0.29) is 5.41 Å². The molecular weight excluding hydrogens is 224 g/mol. The first-order valence-electron chi connectivity index (χ1n) is 6.54. The topological polar surface area (TPSA) is 38.5 Å². The molecular formula is C15H23N2O. The fourth-order valence-corrected chi connectivity index (χ4v) is 2.25. The average Bonchev–Trinajstić information content (AvgIpc) is 2.28. The molecule has 1 aliphatic heterocycles. The number of nitrogens with zero attached hydrogens (tertiary/aromatic N) is 1. The van der Waals surface area contributed by atoms with Crippen LogP contribution in [0.5, 0.6) is 0 Å². The van der Waals surface area contributed by atoms with Gasteiger partial charge in [0.1, 0.15) is 0 Å². The number of anilines is 2. The Hall–Kier alpha value is -1.22. The zero-order valence-electron chi connectivity index (χ0n) is 11.6. The van der Waals surface area contributed by atoms with E-state index in [0.717, 1.165) is 32.0 Å². The number of nitrogens with two attached hydrogens (primary N) is 1. The summed E-state index contributed by atoms with van der Waals surface area (Å²) in [6.07, 6.45) is 2.29. The number of benzene rings is 1. The van der Waals surface area contributed by atoms with Gasteiger partial charge in [0.05, 0.1) is 13.2 Å². The van der Waals surface area contributed by atoms with Gasteiger partial charge >= 0.3 is 0 Å². The Kier molecular flexibility index (Phi) is 3.81. The smallest absolute Gasteiger partial charge is 0.0642 e. The van der Waals surface area contributed by atoms with Crippen molar-refractivity contribution in [2.75, 3.05) is 36.9 Å². The largest absolute Gasteiger partial charge is 0.399 e. The zero-order chi connectivity index (χ0) is 13.2. The van der Waals surface area contributed by atoms with Crippen molar-refractivity contribution in [1.29, 1.82) is 0 Å². The van der Waals surface area contributed by atoms with Gasteiger partial charge in [-0.25, -0.2) is 0 Å². The predicted molar refractivity (Wildman–Crippen MR) is 76.7 cm³/mol. The third-order valence-corrected chi connectivity index (χ3v) is 2.99. The molecule has 0 aliphatic carbocycles. The molecule has 0 saturated carbocycles. The van der Waals surface area contributed by atoms with Crippen molar-refractivity contribution >= 4 is 11.4 Å². The summed E-state index contributed by atoms with van der Waals surface area (Å²) < 4.78 is 5.41. The molecule has 1 aliphatic rings. The summed E-state index contributed by atoms with van der Waals surface area (Å²) >= 11 is 0. The molecule has 0 atom stereocenters. The highest BCUT2D eigenvalue weighted by atomic mass is 16.5. The maximum absolute atomic E-state index is 5.91. The summed E-state index contributed by atoms with van der Waals surface area (Å²) in [5.41, 5.74) is 9.37. The normalized spacial score (nSPS) is 16.9. The van der Waals surface area contributed by atoms with Gasteiger partial charge in [0.15, 0.2) is 0 Å². The molecule has 3 nitrogen and oxygen atoms in total. The van der Waals surface area contributed by atoms with Gasteiger partial charge in [0.2, 0.25) is 0 Å². The number of hydrogen-bond donors (Lipinski definition) is 1. The molecule has 3 heteroatoms. The van der Waals surface area contributed by atoms with Crippen LogP contribution in [0.25, 0.3) is 0 Å². The van der Waals surface area contributed by atoms with Gasteiger partial charge in [0.25, 0.3) is 0 Å². The van der Waals surface area contributed by atoms with Gasteiger partial charge in [-0.3, -0.25) is 0 Å². The van der Waals surface area contributed by atoms with Crippen molar-refractivity contribution in [3.8, 4) is 0 Å². The van der Waals surface area contributed by atoms with Crippen LogP contribution in [0.2, 0.25) is 0 Å². The van der Waals surface area contributed by atoms with E-state index in [2.05, 4.69) is 44.2 Å². The van der Waals surface area contributed by atoms with E-state index in [0.29, 0.717) is 0 Å². The lowest BCUT2D eigenvalue weighted by molar-refractivity contribution is 0.122. The van der Waals surface area contributed by atoms with Crippen LogP contribution < -0.4 is 10.6 Å². The Morgan fingerprint density at radius 3 is 2.50 bits per heavy atom. The van der Waals surface area contributed by atoms with E-state index in [9.17, 15) is 0 Å². The molecule has 1 fully saturated rings. The van der Waals surface area contributed by atoms with E-state index in [4.69, 9.17) is 10.5 Å². The minimum Gasteiger partial charge on any atom is -0.399 e. The molecule has 2 rings (SSSR count). The third kappa shape index (κ3) is 3.39. The van der Waals surface area contributed by atoms with Crippen LogP contribution in [0.4, 0.5) is 11.4 Å². The van der Waals surface area contributed by atoms with E-state index in [1.165, 1.54) is 11.3 Å². The number of ether oxygens (including phenoxy) is 1. The first-order valence-corrected chi connectivity index (χ1v) is 6.54. The average molecular weight is 247 g/mol. The van der Waals surface area contributed by atoms with Crippen LogP contribution in [0.3, 0.4) is 0 Å². The summed E-state index contributed by atoms with van der Waals surface area (Å²) in [4.78, 5) is 2.38. The highest BCUT2D eigenvalue weighted by Crippen LogP contribution is 2.31. The van der Waals surface area contributed by atoms with Crippen LogP contribution in [-0.2, 0) is 4.74 Å². The number of rotatable bonds is 2. The third-order valence-electron chi connectivity index (χ3n) is 2.99. The van der Waals surface area contributed by atoms with Crippen molar-refractivity contribution in [3.63, 3.8) is 0 Å². The highest BCUT2D eigenvalue weighted by molar-refractivity contribution is 5.62. The Labute approximate surface area is 110 Å². The molecule has 0 amide bonds. The van der Waals surface area contributed by atoms with E-state index in [1.54, 1.807) is 0 Å². The summed E-state index contributed by atoms with van der Waals surface area (Å²) in [7, 11) is 0. The summed E-state index contributed by atoms with van der Waals surface area (Å²) in [6.45, 7) is 10.1. The molecule has 0 spiro atoms. The SMILES string of the molecule is CC(C)(C)[CH]c1cc(N)ccc1N1CCOCC1. The van der Waals surface area contributed by atoms with E-state index < -0.39 is 0 Å². The Balaban J connectivity index is 2.27. The maximum atomic E-state index is 5.91. The lowest BCUT2D eigenvalue weighted by Crippen LogP contribution is -2.36. The van der Waals surface area contributed by atoms with Crippen molar-refractivity contribution in [1.82, 2.24) is 0 Å². The van der Waals surface area contributed by atoms with Crippen LogP contribution in [0, 0.1) is 11.8 Å². The second-order valence-electron chi connectivity index (χ2n) is 5.93. The molecule has 1 saturated heterocycles. The van der Waals surface area contributed by atoms with Crippen LogP contribution in [0.15, 0.2) is 18.2 Å². The minimum absolute atomic E-state index is 0.148. The van der Waals surface area contributed by atoms with Crippen molar-refractivity contribution in [3.05, 3.63) is 30.2 Å². The standard InChI is InChI=1S/C15H23N2O/c1-15(2,3)11-12-10-13(16)4-5-14(12)17-6-8-18-9-7-17/h4-5,10-11H,6-9,16H2,1-3H3. The number of nitrogen functional groups attached to an aromatic ring is 1. The van der Waals surface area contributed by atoms with Gasteiger partial charge in [-0.15, -0.1) is 0 Å². The fourth-order valence-electron chi connectivity index (χ4n) is 2.25.